The van der Waals surface area contributed by atoms with Crippen LogP contribution in [0.4, 0.5) is 0 Å². The molecule has 1 fully saturated rings. The van der Waals surface area contributed by atoms with Crippen LogP contribution in [0.5, 0.6) is 0 Å². The average molecular weight is 263 g/mol. The number of hydrogen-bond acceptors (Lipinski definition) is 2. The number of aryl methyl sites for hydroxylation is 1. The molecule has 0 N–H and O–H groups in total. The maximum absolute atomic E-state index is 8.96. The van der Waals surface area contributed by atoms with Gasteiger partial charge in [-0.3, -0.25) is 4.90 Å². The maximum Gasteiger partial charge on any atom is 0.0871 e. The van der Waals surface area contributed by atoms with Gasteiger partial charge in [-0.1, -0.05) is 36.6 Å². The summed E-state index contributed by atoms with van der Waals surface area (Å²) >= 11 is 6.27. The fraction of sp³-hybridized carbons (Fsp3) is 0.533. The van der Waals surface area contributed by atoms with Crippen LogP contribution in [0.3, 0.4) is 0 Å². The zero-order chi connectivity index (χ0) is 13.0. The van der Waals surface area contributed by atoms with Gasteiger partial charge in [0.05, 0.1) is 12.6 Å². The molecule has 0 heterocycles. The zero-order valence-electron chi connectivity index (χ0n) is 10.8. The van der Waals surface area contributed by atoms with Crippen molar-refractivity contribution in [1.29, 1.82) is 5.26 Å². The Balaban J connectivity index is 2.10. The third-order valence-corrected chi connectivity index (χ3v) is 4.05. The van der Waals surface area contributed by atoms with Crippen LogP contribution in [-0.4, -0.2) is 17.5 Å². The quantitative estimate of drug-likeness (QED) is 0.769. The molecule has 0 saturated heterocycles. The molecule has 0 unspecified atom stereocenters. The minimum atomic E-state index is 0.495. The molecule has 0 radical (unpaired) electrons. The van der Waals surface area contributed by atoms with Crippen LogP contribution in [-0.2, 0) is 6.54 Å². The summed E-state index contributed by atoms with van der Waals surface area (Å²) < 4.78 is 0. The summed E-state index contributed by atoms with van der Waals surface area (Å²) in [4.78, 5) is 2.27. The van der Waals surface area contributed by atoms with Crippen molar-refractivity contribution < 1.29 is 0 Å². The van der Waals surface area contributed by atoms with E-state index in [1.165, 1.54) is 31.2 Å². The lowest BCUT2D eigenvalue weighted by molar-refractivity contribution is 0.214. The van der Waals surface area contributed by atoms with E-state index in [0.29, 0.717) is 12.6 Å². The monoisotopic (exact) mass is 262 g/mol. The highest BCUT2D eigenvalue weighted by Crippen LogP contribution is 2.26. The minimum absolute atomic E-state index is 0.495. The lowest BCUT2D eigenvalue weighted by atomic mass is 10.1. The van der Waals surface area contributed by atoms with Crippen LogP contribution in [0.15, 0.2) is 18.2 Å². The Morgan fingerprint density at radius 2 is 2.11 bits per heavy atom. The van der Waals surface area contributed by atoms with Gasteiger partial charge < -0.3 is 0 Å². The maximum atomic E-state index is 8.96. The predicted octanol–water partition coefficient (Wildman–Crippen LogP) is 3.92. The Morgan fingerprint density at radius 3 is 2.72 bits per heavy atom. The molecule has 2 rings (SSSR count). The van der Waals surface area contributed by atoms with Crippen LogP contribution >= 0.6 is 11.6 Å². The van der Waals surface area contributed by atoms with Crippen molar-refractivity contribution in [1.82, 2.24) is 4.90 Å². The third kappa shape index (κ3) is 3.25. The number of nitriles is 1. The first-order chi connectivity index (χ1) is 8.70. The summed E-state index contributed by atoms with van der Waals surface area (Å²) in [5, 5.41) is 9.78. The first-order valence-electron chi connectivity index (χ1n) is 6.56. The van der Waals surface area contributed by atoms with Gasteiger partial charge in [-0.05, 0) is 37.0 Å². The molecule has 96 valence electrons. The van der Waals surface area contributed by atoms with E-state index < -0.39 is 0 Å². The number of nitrogens with zero attached hydrogens (tertiary/aromatic N) is 2. The number of halogens is 1. The van der Waals surface area contributed by atoms with Gasteiger partial charge in [0.2, 0.25) is 0 Å². The van der Waals surface area contributed by atoms with Gasteiger partial charge in [0.1, 0.15) is 0 Å². The topological polar surface area (TPSA) is 27.0 Å². The van der Waals surface area contributed by atoms with Crippen molar-refractivity contribution in [2.45, 2.75) is 45.2 Å². The van der Waals surface area contributed by atoms with E-state index >= 15 is 0 Å². The number of hydrogen-bond donors (Lipinski definition) is 0. The summed E-state index contributed by atoms with van der Waals surface area (Å²) in [6.07, 6.45) is 5.00. The molecular weight excluding hydrogens is 244 g/mol. The van der Waals surface area contributed by atoms with Crippen LogP contribution in [0.25, 0.3) is 0 Å². The molecule has 1 aliphatic rings. The second kappa shape index (κ2) is 6.22. The van der Waals surface area contributed by atoms with Gasteiger partial charge in [-0.2, -0.15) is 5.26 Å². The van der Waals surface area contributed by atoms with Crippen molar-refractivity contribution in [3.8, 4) is 6.07 Å². The Kier molecular flexibility index (Phi) is 4.63. The Morgan fingerprint density at radius 1 is 1.39 bits per heavy atom. The lowest BCUT2D eigenvalue weighted by Crippen LogP contribution is -2.33. The number of rotatable bonds is 4. The van der Waals surface area contributed by atoms with Gasteiger partial charge in [0, 0.05) is 17.6 Å². The van der Waals surface area contributed by atoms with Gasteiger partial charge in [-0.25, -0.2) is 0 Å². The van der Waals surface area contributed by atoms with E-state index in [1.807, 2.05) is 13.0 Å². The molecule has 1 aliphatic carbocycles. The van der Waals surface area contributed by atoms with E-state index in [1.54, 1.807) is 0 Å². The molecular formula is C15H19ClN2. The molecule has 1 saturated carbocycles. The van der Waals surface area contributed by atoms with Crippen molar-refractivity contribution in [3.63, 3.8) is 0 Å². The van der Waals surface area contributed by atoms with Gasteiger partial charge in [-0.15, -0.1) is 0 Å². The van der Waals surface area contributed by atoms with Crippen LogP contribution in [0.2, 0.25) is 5.02 Å². The molecule has 0 bridgehead atoms. The zero-order valence-corrected chi connectivity index (χ0v) is 11.6. The molecule has 2 nitrogen and oxygen atoms in total. The molecule has 18 heavy (non-hydrogen) atoms. The van der Waals surface area contributed by atoms with Crippen molar-refractivity contribution >= 4 is 11.6 Å². The highest BCUT2D eigenvalue weighted by molar-refractivity contribution is 6.31. The second-order valence-corrected chi connectivity index (χ2v) is 5.50. The molecule has 0 aliphatic heterocycles. The predicted molar refractivity (Wildman–Crippen MR) is 74.5 cm³/mol. The van der Waals surface area contributed by atoms with Crippen molar-refractivity contribution in [2.75, 3.05) is 6.54 Å². The lowest BCUT2D eigenvalue weighted by Gasteiger charge is -2.26. The summed E-state index contributed by atoms with van der Waals surface area (Å²) in [7, 11) is 0. The molecule has 0 amide bonds. The molecule has 0 aromatic heterocycles. The van der Waals surface area contributed by atoms with E-state index in [-0.39, 0.29) is 0 Å². The fourth-order valence-corrected chi connectivity index (χ4v) is 2.97. The Bertz CT molecular complexity index is 444. The molecule has 0 spiro atoms. The average Bonchev–Trinajstić information content (AvgIpc) is 2.85. The SMILES string of the molecule is Cc1ccc(CN(CC#N)C2CCCC2)c(Cl)c1. The first-order valence-corrected chi connectivity index (χ1v) is 6.94. The van der Waals surface area contributed by atoms with Gasteiger partial charge in [0.25, 0.3) is 0 Å². The Hall–Kier alpha value is -1.04. The van der Waals surface area contributed by atoms with E-state index in [4.69, 9.17) is 16.9 Å². The van der Waals surface area contributed by atoms with E-state index in [2.05, 4.69) is 23.1 Å². The van der Waals surface area contributed by atoms with E-state index in [9.17, 15) is 0 Å². The fourth-order valence-electron chi connectivity index (χ4n) is 2.67. The summed E-state index contributed by atoms with van der Waals surface area (Å²) in [5.41, 5.74) is 2.31. The summed E-state index contributed by atoms with van der Waals surface area (Å²) in [6.45, 7) is 3.33. The van der Waals surface area contributed by atoms with Crippen LogP contribution < -0.4 is 0 Å². The highest BCUT2D eigenvalue weighted by Gasteiger charge is 2.22. The largest absolute Gasteiger partial charge is 0.283 e. The standard InChI is InChI=1S/C15H19ClN2/c1-12-6-7-13(15(16)10-12)11-18(9-8-17)14-4-2-3-5-14/h6-7,10,14H,2-5,9,11H2,1H3. The molecule has 3 heteroatoms. The van der Waals surface area contributed by atoms with Gasteiger partial charge in [0.15, 0.2) is 0 Å². The molecule has 1 aromatic rings. The van der Waals surface area contributed by atoms with Crippen molar-refractivity contribution in [3.05, 3.63) is 34.3 Å². The van der Waals surface area contributed by atoms with Crippen LogP contribution in [0, 0.1) is 18.3 Å². The first kappa shape index (κ1) is 13.4. The third-order valence-electron chi connectivity index (χ3n) is 3.70. The highest BCUT2D eigenvalue weighted by atomic mass is 35.5. The van der Waals surface area contributed by atoms with E-state index in [0.717, 1.165) is 17.1 Å². The number of benzene rings is 1. The summed E-state index contributed by atoms with van der Waals surface area (Å²) in [6, 6.07) is 9.00. The minimum Gasteiger partial charge on any atom is -0.283 e. The Labute approximate surface area is 114 Å². The normalized spacial score (nSPS) is 16.1. The molecule has 1 aromatic carbocycles. The van der Waals surface area contributed by atoms with Crippen LogP contribution in [0.1, 0.15) is 36.8 Å². The molecule has 0 atom stereocenters. The smallest absolute Gasteiger partial charge is 0.0871 e. The second-order valence-electron chi connectivity index (χ2n) is 5.10. The van der Waals surface area contributed by atoms with Gasteiger partial charge >= 0.3 is 0 Å². The van der Waals surface area contributed by atoms with Crippen molar-refractivity contribution in [2.24, 2.45) is 0 Å². The summed E-state index contributed by atoms with van der Waals surface area (Å²) in [5.74, 6) is 0.